The zero-order valence-electron chi connectivity index (χ0n) is 12.0. The number of aliphatic hydroxyl groups is 1. The third kappa shape index (κ3) is 4.54. The first-order valence-corrected chi connectivity index (χ1v) is 8.41. The van der Waals surface area contributed by atoms with E-state index < -0.39 is 21.2 Å². The highest BCUT2D eigenvalue weighted by Crippen LogP contribution is 2.19. The van der Waals surface area contributed by atoms with Crippen molar-refractivity contribution in [3.05, 3.63) is 21.9 Å². The second-order valence-electron chi connectivity index (χ2n) is 4.23. The Hall–Kier alpha value is -1.40. The van der Waals surface area contributed by atoms with Gasteiger partial charge in [0.2, 0.25) is 10.0 Å². The van der Waals surface area contributed by atoms with Gasteiger partial charge in [0.1, 0.15) is 6.61 Å². The molecular weight excluding hydrogens is 314 g/mol. The number of carbonyl (C=O) groups is 1. The summed E-state index contributed by atoms with van der Waals surface area (Å²) >= 11 is 1.36. The Labute approximate surface area is 128 Å². The van der Waals surface area contributed by atoms with Crippen LogP contribution in [0.3, 0.4) is 0 Å². The molecule has 0 aliphatic heterocycles. The van der Waals surface area contributed by atoms with Crippen LogP contribution < -0.4 is 0 Å². The Balaban J connectivity index is 2.83. The SMILES string of the molecule is COC(=O)C(C)S(=O)(=O)N(C)Cc1cc(C#CCO)cs1. The molecule has 0 fully saturated rings. The van der Waals surface area contributed by atoms with Gasteiger partial charge in [-0.2, -0.15) is 4.31 Å². The van der Waals surface area contributed by atoms with Crippen molar-refractivity contribution in [2.45, 2.75) is 18.7 Å². The fourth-order valence-electron chi connectivity index (χ4n) is 1.54. The summed E-state index contributed by atoms with van der Waals surface area (Å²) in [5, 5.41) is 9.15. The predicted molar refractivity (Wildman–Crippen MR) is 80.1 cm³/mol. The Kier molecular flexibility index (Phi) is 6.36. The van der Waals surface area contributed by atoms with E-state index in [1.54, 1.807) is 11.4 Å². The highest BCUT2D eigenvalue weighted by Gasteiger charge is 2.32. The summed E-state index contributed by atoms with van der Waals surface area (Å²) in [4.78, 5) is 12.2. The molecule has 21 heavy (non-hydrogen) atoms. The van der Waals surface area contributed by atoms with Gasteiger partial charge in [0, 0.05) is 29.4 Å². The summed E-state index contributed by atoms with van der Waals surface area (Å²) in [7, 11) is -1.20. The van der Waals surface area contributed by atoms with Crippen LogP contribution in [0.2, 0.25) is 0 Å². The third-order valence-corrected chi connectivity index (χ3v) is 5.76. The zero-order chi connectivity index (χ0) is 16.0. The van der Waals surface area contributed by atoms with E-state index in [0.717, 1.165) is 21.9 Å². The second-order valence-corrected chi connectivity index (χ2v) is 7.58. The van der Waals surface area contributed by atoms with Crippen molar-refractivity contribution in [2.24, 2.45) is 0 Å². The van der Waals surface area contributed by atoms with Crippen LogP contribution in [0.15, 0.2) is 11.4 Å². The van der Waals surface area contributed by atoms with E-state index >= 15 is 0 Å². The summed E-state index contributed by atoms with van der Waals surface area (Å²) in [5.41, 5.74) is 0.718. The summed E-state index contributed by atoms with van der Waals surface area (Å²) in [6.45, 7) is 1.22. The molecule has 116 valence electrons. The summed E-state index contributed by atoms with van der Waals surface area (Å²) in [6, 6.07) is 1.75. The fraction of sp³-hybridized carbons (Fsp3) is 0.462. The smallest absolute Gasteiger partial charge is 0.325 e. The molecule has 8 heteroatoms. The molecule has 1 heterocycles. The van der Waals surface area contributed by atoms with Crippen LogP contribution >= 0.6 is 11.3 Å². The number of thiophene rings is 1. The minimum Gasteiger partial charge on any atom is -0.468 e. The van der Waals surface area contributed by atoms with Crippen LogP contribution in [0.1, 0.15) is 17.4 Å². The Morgan fingerprint density at radius 1 is 1.57 bits per heavy atom. The standard InChI is InChI=1S/C13H17NO5S2/c1-10(13(16)19-3)21(17,18)14(2)8-12-7-11(9-20-12)5-4-6-15/h7,9-10,15H,6,8H2,1-3H3. The molecule has 1 aromatic rings. The largest absolute Gasteiger partial charge is 0.468 e. The first-order valence-electron chi connectivity index (χ1n) is 6.03. The van der Waals surface area contributed by atoms with Crippen LogP contribution in [0.5, 0.6) is 0 Å². The maximum atomic E-state index is 12.2. The molecule has 1 aromatic heterocycles. The molecule has 1 unspecified atom stereocenters. The van der Waals surface area contributed by atoms with Gasteiger partial charge < -0.3 is 9.84 Å². The molecular formula is C13H17NO5S2. The second kappa shape index (κ2) is 7.56. The number of carbonyl (C=O) groups excluding carboxylic acids is 1. The highest BCUT2D eigenvalue weighted by atomic mass is 32.2. The molecule has 0 saturated heterocycles. The topological polar surface area (TPSA) is 83.9 Å². The number of methoxy groups -OCH3 is 1. The number of hydrogen-bond donors (Lipinski definition) is 1. The lowest BCUT2D eigenvalue weighted by Gasteiger charge is -2.19. The Morgan fingerprint density at radius 3 is 2.81 bits per heavy atom. The van der Waals surface area contributed by atoms with Crippen molar-refractivity contribution in [1.82, 2.24) is 4.31 Å². The molecule has 0 aromatic carbocycles. The normalized spacial score (nSPS) is 12.6. The van der Waals surface area contributed by atoms with Gasteiger partial charge in [-0.25, -0.2) is 8.42 Å². The molecule has 0 radical (unpaired) electrons. The zero-order valence-corrected chi connectivity index (χ0v) is 13.6. The van der Waals surface area contributed by atoms with Gasteiger partial charge in [0.15, 0.2) is 5.25 Å². The fourth-order valence-corrected chi connectivity index (χ4v) is 3.69. The summed E-state index contributed by atoms with van der Waals surface area (Å²) in [6.07, 6.45) is 0. The first kappa shape index (κ1) is 17.7. The van der Waals surface area contributed by atoms with Gasteiger partial charge in [-0.15, -0.1) is 11.3 Å². The number of sulfonamides is 1. The van der Waals surface area contributed by atoms with E-state index in [2.05, 4.69) is 16.6 Å². The van der Waals surface area contributed by atoms with Gasteiger partial charge in [-0.3, -0.25) is 4.79 Å². The maximum absolute atomic E-state index is 12.2. The van der Waals surface area contributed by atoms with Crippen molar-refractivity contribution < 1.29 is 23.1 Å². The lowest BCUT2D eigenvalue weighted by Crippen LogP contribution is -2.39. The van der Waals surface area contributed by atoms with Crippen molar-refractivity contribution in [1.29, 1.82) is 0 Å². The summed E-state index contributed by atoms with van der Waals surface area (Å²) in [5.74, 6) is 4.48. The lowest BCUT2D eigenvalue weighted by molar-refractivity contribution is -0.139. The van der Waals surface area contributed by atoms with Crippen molar-refractivity contribution in [3.63, 3.8) is 0 Å². The number of esters is 1. The van der Waals surface area contributed by atoms with Crippen molar-refractivity contribution in [2.75, 3.05) is 20.8 Å². The van der Waals surface area contributed by atoms with Gasteiger partial charge >= 0.3 is 5.97 Å². The van der Waals surface area contributed by atoms with E-state index in [1.165, 1.54) is 25.3 Å². The molecule has 0 spiro atoms. The van der Waals surface area contributed by atoms with Crippen molar-refractivity contribution in [3.8, 4) is 11.8 Å². The van der Waals surface area contributed by atoms with Gasteiger partial charge in [0.05, 0.1) is 7.11 Å². The average Bonchev–Trinajstić information content (AvgIpc) is 2.90. The number of nitrogens with zero attached hydrogens (tertiary/aromatic N) is 1. The minimum absolute atomic E-state index is 0.148. The molecule has 1 N–H and O–H groups in total. The van der Waals surface area contributed by atoms with Gasteiger partial charge in [-0.05, 0) is 13.0 Å². The van der Waals surface area contributed by atoms with E-state index in [9.17, 15) is 13.2 Å². The van der Waals surface area contributed by atoms with Crippen molar-refractivity contribution >= 4 is 27.3 Å². The molecule has 0 saturated carbocycles. The van der Waals surface area contributed by atoms with Crippen LogP contribution in [0.25, 0.3) is 0 Å². The minimum atomic E-state index is -3.77. The monoisotopic (exact) mass is 331 g/mol. The van der Waals surface area contributed by atoms with Gasteiger partial charge in [-0.1, -0.05) is 11.8 Å². The third-order valence-electron chi connectivity index (χ3n) is 2.76. The predicted octanol–water partition coefficient (Wildman–Crippen LogP) is 0.415. The van der Waals surface area contributed by atoms with Gasteiger partial charge in [0.25, 0.3) is 0 Å². The highest BCUT2D eigenvalue weighted by molar-refractivity contribution is 7.90. The van der Waals surface area contributed by atoms with E-state index in [-0.39, 0.29) is 13.2 Å². The first-order chi connectivity index (χ1) is 9.82. The number of aliphatic hydroxyl groups excluding tert-OH is 1. The number of ether oxygens (including phenoxy) is 1. The van der Waals surface area contributed by atoms with Crippen LogP contribution in [-0.4, -0.2) is 49.8 Å². The molecule has 0 amide bonds. The quantitative estimate of drug-likeness (QED) is 0.624. The van der Waals surface area contributed by atoms with Crippen LogP contribution in [-0.2, 0) is 26.1 Å². The Morgan fingerprint density at radius 2 is 2.24 bits per heavy atom. The summed E-state index contributed by atoms with van der Waals surface area (Å²) < 4.78 is 29.9. The van der Waals surface area contributed by atoms with Crippen LogP contribution in [0.4, 0.5) is 0 Å². The van der Waals surface area contributed by atoms with Crippen LogP contribution in [0, 0.1) is 11.8 Å². The molecule has 1 rings (SSSR count). The maximum Gasteiger partial charge on any atom is 0.325 e. The number of hydrogen-bond acceptors (Lipinski definition) is 6. The Bertz CT molecular complexity index is 654. The molecule has 0 bridgehead atoms. The lowest BCUT2D eigenvalue weighted by atomic mass is 10.3. The molecule has 0 aliphatic rings. The molecule has 1 atom stereocenters. The van der Waals surface area contributed by atoms with E-state index in [1.807, 2.05) is 0 Å². The molecule has 0 aliphatic carbocycles. The molecule has 6 nitrogen and oxygen atoms in total. The number of rotatable bonds is 5. The average molecular weight is 331 g/mol. The van der Waals surface area contributed by atoms with E-state index in [4.69, 9.17) is 5.11 Å². The van der Waals surface area contributed by atoms with E-state index in [0.29, 0.717) is 0 Å².